The fraction of sp³-hybridized carbons (Fsp3) is 0.471. The lowest BCUT2D eigenvalue weighted by atomic mass is 9.75. The van der Waals surface area contributed by atoms with Gasteiger partial charge < -0.3 is 20.1 Å². The molecule has 0 saturated heterocycles. The number of hydrogen-bond donors (Lipinski definition) is 3. The van der Waals surface area contributed by atoms with Gasteiger partial charge in [-0.2, -0.15) is 8.78 Å². The third kappa shape index (κ3) is 2.62. The summed E-state index contributed by atoms with van der Waals surface area (Å²) in [6.07, 6.45) is 2.56. The van der Waals surface area contributed by atoms with Gasteiger partial charge in [-0.05, 0) is 43.4 Å². The second kappa shape index (κ2) is 6.05. The SMILES string of the molecule is COc1cccc2[nH]cc(CCNC(=O)C(F)(F)C3(O)CCC3)c12. The number of ether oxygens (including phenoxy) is 1. The van der Waals surface area contributed by atoms with Crippen LogP contribution < -0.4 is 10.1 Å². The van der Waals surface area contributed by atoms with Crippen molar-refractivity contribution < 1.29 is 23.4 Å². The number of carbonyl (C=O) groups is 1. The fourth-order valence-corrected chi connectivity index (χ4v) is 3.05. The monoisotopic (exact) mass is 338 g/mol. The van der Waals surface area contributed by atoms with Crippen molar-refractivity contribution in [3.05, 3.63) is 30.0 Å². The Bertz CT molecular complexity index is 753. The van der Waals surface area contributed by atoms with Crippen LogP contribution in [-0.4, -0.2) is 41.2 Å². The van der Waals surface area contributed by atoms with Gasteiger partial charge in [0.05, 0.1) is 7.11 Å². The van der Waals surface area contributed by atoms with E-state index in [1.54, 1.807) is 13.3 Å². The highest BCUT2D eigenvalue weighted by Crippen LogP contribution is 2.44. The van der Waals surface area contributed by atoms with Crippen LogP contribution in [0.5, 0.6) is 5.75 Å². The van der Waals surface area contributed by atoms with Gasteiger partial charge in [-0.3, -0.25) is 4.79 Å². The van der Waals surface area contributed by atoms with Gasteiger partial charge in [-0.15, -0.1) is 0 Å². The predicted molar refractivity (Wildman–Crippen MR) is 85.3 cm³/mol. The molecule has 0 aliphatic heterocycles. The summed E-state index contributed by atoms with van der Waals surface area (Å²) in [7, 11) is 1.56. The van der Waals surface area contributed by atoms with Gasteiger partial charge in [0.15, 0.2) is 0 Å². The highest BCUT2D eigenvalue weighted by Gasteiger charge is 2.60. The number of aliphatic hydroxyl groups is 1. The average Bonchev–Trinajstić information content (AvgIpc) is 2.95. The van der Waals surface area contributed by atoms with E-state index in [0.717, 1.165) is 16.5 Å². The molecular formula is C17H20F2N2O3. The molecular weight excluding hydrogens is 318 g/mol. The van der Waals surface area contributed by atoms with Gasteiger partial charge in [0.2, 0.25) is 0 Å². The van der Waals surface area contributed by atoms with Gasteiger partial charge in [0, 0.05) is 23.6 Å². The molecule has 1 fully saturated rings. The van der Waals surface area contributed by atoms with Gasteiger partial charge >= 0.3 is 5.92 Å². The topological polar surface area (TPSA) is 74.3 Å². The summed E-state index contributed by atoms with van der Waals surface area (Å²) in [6.45, 7) is 0.0511. The first-order chi connectivity index (χ1) is 11.4. The predicted octanol–water partition coefficient (Wildman–Crippen LogP) is 2.39. The molecule has 24 heavy (non-hydrogen) atoms. The van der Waals surface area contributed by atoms with E-state index in [-0.39, 0.29) is 19.4 Å². The van der Waals surface area contributed by atoms with Crippen LogP contribution in [0.25, 0.3) is 10.9 Å². The maximum Gasteiger partial charge on any atom is 0.352 e. The molecule has 0 spiro atoms. The Labute approximate surface area is 138 Å². The molecule has 0 bridgehead atoms. The highest BCUT2D eigenvalue weighted by atomic mass is 19.3. The van der Waals surface area contributed by atoms with E-state index in [2.05, 4.69) is 10.3 Å². The third-order valence-electron chi connectivity index (χ3n) is 4.70. The van der Waals surface area contributed by atoms with Crippen LogP contribution in [0.4, 0.5) is 8.78 Å². The number of aromatic amines is 1. The van der Waals surface area contributed by atoms with Crippen molar-refractivity contribution in [1.29, 1.82) is 0 Å². The summed E-state index contributed by atoms with van der Waals surface area (Å²) in [5.41, 5.74) is -0.445. The number of nitrogens with one attached hydrogen (secondary N) is 2. The van der Waals surface area contributed by atoms with E-state index in [1.165, 1.54) is 0 Å². The summed E-state index contributed by atoms with van der Waals surface area (Å²) in [5.74, 6) is -4.50. The summed E-state index contributed by atoms with van der Waals surface area (Å²) < 4.78 is 33.3. The number of benzene rings is 1. The number of halogens is 2. The van der Waals surface area contributed by atoms with E-state index >= 15 is 0 Å². The van der Waals surface area contributed by atoms with E-state index in [1.807, 2.05) is 18.2 Å². The Balaban J connectivity index is 1.66. The van der Waals surface area contributed by atoms with Crippen molar-refractivity contribution in [2.45, 2.75) is 37.2 Å². The molecule has 0 radical (unpaired) electrons. The number of hydrogen-bond acceptors (Lipinski definition) is 3. The van der Waals surface area contributed by atoms with Crippen molar-refractivity contribution >= 4 is 16.8 Å². The largest absolute Gasteiger partial charge is 0.496 e. The maximum absolute atomic E-state index is 14.0. The number of aromatic nitrogens is 1. The van der Waals surface area contributed by atoms with Gasteiger partial charge in [0.1, 0.15) is 11.4 Å². The second-order valence-electron chi connectivity index (χ2n) is 6.16. The molecule has 7 heteroatoms. The molecule has 1 aromatic heterocycles. The zero-order chi connectivity index (χ0) is 17.4. The first kappa shape index (κ1) is 16.7. The summed E-state index contributed by atoms with van der Waals surface area (Å²) in [6, 6.07) is 5.56. The van der Waals surface area contributed by atoms with Crippen LogP contribution in [0.3, 0.4) is 0 Å². The van der Waals surface area contributed by atoms with E-state index in [9.17, 15) is 18.7 Å². The molecule has 0 unspecified atom stereocenters. The van der Waals surface area contributed by atoms with Crippen LogP contribution in [0.1, 0.15) is 24.8 Å². The van der Waals surface area contributed by atoms with Gasteiger partial charge in [0.25, 0.3) is 5.91 Å². The zero-order valence-corrected chi connectivity index (χ0v) is 13.4. The van der Waals surface area contributed by atoms with Crippen LogP contribution in [-0.2, 0) is 11.2 Å². The van der Waals surface area contributed by atoms with Crippen molar-refractivity contribution in [2.75, 3.05) is 13.7 Å². The molecule has 1 saturated carbocycles. The molecule has 3 N–H and O–H groups in total. The number of H-pyrrole nitrogens is 1. The summed E-state index contributed by atoms with van der Waals surface area (Å²) in [5, 5.41) is 12.9. The zero-order valence-electron chi connectivity index (χ0n) is 13.4. The average molecular weight is 338 g/mol. The van der Waals surface area contributed by atoms with Crippen LogP contribution in [0, 0.1) is 0 Å². The molecule has 5 nitrogen and oxygen atoms in total. The van der Waals surface area contributed by atoms with Gasteiger partial charge in [-0.25, -0.2) is 0 Å². The number of amides is 1. The first-order valence-electron chi connectivity index (χ1n) is 7.90. The number of carbonyl (C=O) groups excluding carboxylic acids is 1. The van der Waals surface area contributed by atoms with E-state index < -0.39 is 17.4 Å². The summed E-state index contributed by atoms with van der Waals surface area (Å²) >= 11 is 0. The van der Waals surface area contributed by atoms with Crippen LogP contribution in [0.2, 0.25) is 0 Å². The molecule has 1 aliphatic rings. The minimum Gasteiger partial charge on any atom is -0.496 e. The Morgan fingerprint density at radius 1 is 1.46 bits per heavy atom. The molecule has 0 atom stereocenters. The molecule has 3 rings (SSSR count). The third-order valence-corrected chi connectivity index (χ3v) is 4.70. The number of rotatable bonds is 6. The number of fused-ring (bicyclic) bond motifs is 1. The lowest BCUT2D eigenvalue weighted by Gasteiger charge is -2.41. The number of alkyl halides is 2. The quantitative estimate of drug-likeness (QED) is 0.757. The smallest absolute Gasteiger partial charge is 0.352 e. The van der Waals surface area contributed by atoms with Crippen molar-refractivity contribution in [3.63, 3.8) is 0 Å². The van der Waals surface area contributed by atoms with Crippen LogP contribution in [0.15, 0.2) is 24.4 Å². The summed E-state index contributed by atoms with van der Waals surface area (Å²) in [4.78, 5) is 14.9. The molecule has 2 aromatic rings. The van der Waals surface area contributed by atoms with Crippen LogP contribution >= 0.6 is 0 Å². The molecule has 1 aliphatic carbocycles. The standard InChI is InChI=1S/C17H20F2N2O3/c1-24-13-5-2-4-12-14(13)11(10-21-12)6-9-20-15(22)17(18,19)16(23)7-3-8-16/h2,4-5,10,21,23H,3,6-9H2,1H3,(H,20,22). The van der Waals surface area contributed by atoms with E-state index in [0.29, 0.717) is 18.6 Å². The highest BCUT2D eigenvalue weighted by molar-refractivity contribution is 5.89. The second-order valence-corrected chi connectivity index (χ2v) is 6.16. The Morgan fingerprint density at radius 3 is 2.83 bits per heavy atom. The lowest BCUT2D eigenvalue weighted by Crippen LogP contribution is -2.60. The van der Waals surface area contributed by atoms with E-state index in [4.69, 9.17) is 4.74 Å². The van der Waals surface area contributed by atoms with Crippen molar-refractivity contribution in [1.82, 2.24) is 10.3 Å². The molecule has 1 heterocycles. The Hall–Kier alpha value is -2.15. The normalized spacial score (nSPS) is 16.7. The van der Waals surface area contributed by atoms with Crippen molar-refractivity contribution in [3.8, 4) is 5.75 Å². The molecule has 130 valence electrons. The van der Waals surface area contributed by atoms with Crippen molar-refractivity contribution in [2.24, 2.45) is 0 Å². The molecule has 1 aromatic carbocycles. The minimum absolute atomic E-state index is 0.0485. The first-order valence-corrected chi connectivity index (χ1v) is 7.90. The minimum atomic E-state index is -3.76. The van der Waals surface area contributed by atoms with Gasteiger partial charge in [-0.1, -0.05) is 6.07 Å². The number of methoxy groups -OCH3 is 1. The molecule has 1 amide bonds. The lowest BCUT2D eigenvalue weighted by molar-refractivity contribution is -0.215. The Morgan fingerprint density at radius 2 is 2.21 bits per heavy atom. The Kier molecular flexibility index (Phi) is 4.21. The maximum atomic E-state index is 14.0. The fourth-order valence-electron chi connectivity index (χ4n) is 3.05.